The molecule has 0 saturated carbocycles. The van der Waals surface area contributed by atoms with Crippen LogP contribution in [0.4, 0.5) is 0 Å². The van der Waals surface area contributed by atoms with Crippen molar-refractivity contribution in [1.82, 2.24) is 9.88 Å². The molecule has 0 aliphatic carbocycles. The molecule has 1 N–H and O–H groups in total. The maximum absolute atomic E-state index is 11.4. The van der Waals surface area contributed by atoms with Gasteiger partial charge in [0.1, 0.15) is 0 Å². The zero-order chi connectivity index (χ0) is 11.1. The van der Waals surface area contributed by atoms with E-state index in [0.29, 0.717) is 12.3 Å². The average Bonchev–Trinajstić information content (AvgIpc) is 2.67. The normalized spacial score (nSPS) is 12.4. The van der Waals surface area contributed by atoms with Gasteiger partial charge in [-0.2, -0.15) is 0 Å². The van der Waals surface area contributed by atoms with E-state index >= 15 is 0 Å². The van der Waals surface area contributed by atoms with Gasteiger partial charge in [-0.05, 0) is 25.5 Å². The van der Waals surface area contributed by atoms with Gasteiger partial charge in [0.2, 0.25) is 5.91 Å². The number of alkyl halides is 1. The van der Waals surface area contributed by atoms with Gasteiger partial charge >= 0.3 is 0 Å². The number of nitrogens with one attached hydrogen (secondary N) is 1. The Kier molecular flexibility index (Phi) is 5.26. The molecule has 0 aliphatic rings. The summed E-state index contributed by atoms with van der Waals surface area (Å²) < 4.78 is 2.05. The Morgan fingerprint density at radius 1 is 1.47 bits per heavy atom. The summed E-state index contributed by atoms with van der Waals surface area (Å²) in [5, 5.41) is 2.93. The molecule has 84 valence electrons. The molecular formula is C11H17ClN2O. The van der Waals surface area contributed by atoms with Crippen molar-refractivity contribution < 1.29 is 4.79 Å². The van der Waals surface area contributed by atoms with Gasteiger partial charge in [-0.3, -0.25) is 4.79 Å². The van der Waals surface area contributed by atoms with Crippen molar-refractivity contribution in [2.45, 2.75) is 32.4 Å². The van der Waals surface area contributed by atoms with E-state index in [1.54, 1.807) is 0 Å². The SMILES string of the molecule is CC(Cn1cccc1)NC(=O)CCCCl. The molecule has 15 heavy (non-hydrogen) atoms. The van der Waals surface area contributed by atoms with E-state index in [-0.39, 0.29) is 11.9 Å². The Morgan fingerprint density at radius 2 is 2.13 bits per heavy atom. The second kappa shape index (κ2) is 6.51. The highest BCUT2D eigenvalue weighted by atomic mass is 35.5. The molecule has 0 bridgehead atoms. The third-order valence-corrected chi connectivity index (χ3v) is 2.36. The molecule has 4 heteroatoms. The van der Waals surface area contributed by atoms with Gasteiger partial charge in [-0.25, -0.2) is 0 Å². The van der Waals surface area contributed by atoms with E-state index in [2.05, 4.69) is 5.32 Å². The Hall–Kier alpha value is -0.960. The fourth-order valence-electron chi connectivity index (χ4n) is 1.43. The molecule has 1 atom stereocenters. The van der Waals surface area contributed by atoms with Gasteiger partial charge < -0.3 is 9.88 Å². The zero-order valence-corrected chi connectivity index (χ0v) is 9.70. The smallest absolute Gasteiger partial charge is 0.220 e. The van der Waals surface area contributed by atoms with E-state index in [1.165, 1.54) is 0 Å². The van der Waals surface area contributed by atoms with Crippen LogP contribution in [0.2, 0.25) is 0 Å². The predicted molar refractivity (Wildman–Crippen MR) is 62.0 cm³/mol. The van der Waals surface area contributed by atoms with Crippen LogP contribution in [0.5, 0.6) is 0 Å². The summed E-state index contributed by atoms with van der Waals surface area (Å²) in [7, 11) is 0. The van der Waals surface area contributed by atoms with Crippen LogP contribution in [0.15, 0.2) is 24.5 Å². The fourth-order valence-corrected chi connectivity index (χ4v) is 1.56. The van der Waals surface area contributed by atoms with Crippen molar-refractivity contribution in [3.8, 4) is 0 Å². The third kappa shape index (κ3) is 4.88. The van der Waals surface area contributed by atoms with E-state index in [0.717, 1.165) is 13.0 Å². The first-order valence-corrected chi connectivity index (χ1v) is 5.72. The molecule has 0 fully saturated rings. The molecular weight excluding hydrogens is 212 g/mol. The third-order valence-electron chi connectivity index (χ3n) is 2.10. The van der Waals surface area contributed by atoms with E-state index in [4.69, 9.17) is 11.6 Å². The van der Waals surface area contributed by atoms with Crippen molar-refractivity contribution in [3.05, 3.63) is 24.5 Å². The largest absolute Gasteiger partial charge is 0.352 e. The van der Waals surface area contributed by atoms with E-state index in [9.17, 15) is 4.79 Å². The monoisotopic (exact) mass is 228 g/mol. The topological polar surface area (TPSA) is 34.0 Å². The highest BCUT2D eigenvalue weighted by molar-refractivity contribution is 6.17. The summed E-state index contributed by atoms with van der Waals surface area (Å²) in [6.07, 6.45) is 5.23. The lowest BCUT2D eigenvalue weighted by Gasteiger charge is -2.14. The number of hydrogen-bond acceptors (Lipinski definition) is 1. The molecule has 0 spiro atoms. The highest BCUT2D eigenvalue weighted by Crippen LogP contribution is 1.96. The van der Waals surface area contributed by atoms with Crippen LogP contribution in [0.1, 0.15) is 19.8 Å². The molecule has 1 heterocycles. The first-order valence-electron chi connectivity index (χ1n) is 5.18. The lowest BCUT2D eigenvalue weighted by Crippen LogP contribution is -2.35. The number of rotatable bonds is 6. The second-order valence-corrected chi connectivity index (χ2v) is 4.02. The van der Waals surface area contributed by atoms with Crippen molar-refractivity contribution in [1.29, 1.82) is 0 Å². The lowest BCUT2D eigenvalue weighted by atomic mass is 10.2. The van der Waals surface area contributed by atoms with Crippen LogP contribution < -0.4 is 5.32 Å². The molecule has 1 rings (SSSR count). The van der Waals surface area contributed by atoms with Crippen LogP contribution in [0.25, 0.3) is 0 Å². The average molecular weight is 229 g/mol. The first-order chi connectivity index (χ1) is 7.22. The summed E-state index contributed by atoms with van der Waals surface area (Å²) in [5.74, 6) is 0.620. The fraction of sp³-hybridized carbons (Fsp3) is 0.545. The molecule has 0 saturated heterocycles. The van der Waals surface area contributed by atoms with Gasteiger partial charge in [0.25, 0.3) is 0 Å². The summed E-state index contributed by atoms with van der Waals surface area (Å²) in [6, 6.07) is 4.10. The first kappa shape index (κ1) is 12.1. The van der Waals surface area contributed by atoms with Gasteiger partial charge in [0.15, 0.2) is 0 Å². The molecule has 1 amide bonds. The standard InChI is InChI=1S/C11H17ClN2O/c1-10(9-14-7-2-3-8-14)13-11(15)5-4-6-12/h2-3,7-8,10H,4-6,9H2,1H3,(H,13,15). The van der Waals surface area contributed by atoms with Crippen LogP contribution in [-0.4, -0.2) is 22.4 Å². The van der Waals surface area contributed by atoms with Gasteiger partial charge in [-0.15, -0.1) is 11.6 Å². The van der Waals surface area contributed by atoms with Gasteiger partial charge in [-0.1, -0.05) is 0 Å². The minimum atomic E-state index is 0.0790. The number of amides is 1. The molecule has 1 aromatic heterocycles. The molecule has 0 radical (unpaired) electrons. The maximum Gasteiger partial charge on any atom is 0.220 e. The Morgan fingerprint density at radius 3 is 2.73 bits per heavy atom. The van der Waals surface area contributed by atoms with Crippen molar-refractivity contribution in [3.63, 3.8) is 0 Å². The Labute approximate surface area is 95.4 Å². The van der Waals surface area contributed by atoms with Crippen LogP contribution in [0, 0.1) is 0 Å². The molecule has 1 unspecified atom stereocenters. The van der Waals surface area contributed by atoms with Gasteiger partial charge in [0.05, 0.1) is 0 Å². The molecule has 3 nitrogen and oxygen atoms in total. The number of halogens is 1. The number of carbonyl (C=O) groups is 1. The predicted octanol–water partition coefficient (Wildman–Crippen LogP) is 2.01. The highest BCUT2D eigenvalue weighted by Gasteiger charge is 2.06. The molecule has 0 aromatic carbocycles. The Balaban J connectivity index is 2.23. The van der Waals surface area contributed by atoms with Crippen LogP contribution in [-0.2, 0) is 11.3 Å². The summed E-state index contributed by atoms with van der Waals surface area (Å²) in [6.45, 7) is 2.80. The zero-order valence-electron chi connectivity index (χ0n) is 8.95. The van der Waals surface area contributed by atoms with Crippen molar-refractivity contribution in [2.75, 3.05) is 5.88 Å². The maximum atomic E-state index is 11.4. The Bertz CT molecular complexity index is 285. The molecule has 1 aromatic rings. The minimum Gasteiger partial charge on any atom is -0.352 e. The number of hydrogen-bond donors (Lipinski definition) is 1. The molecule has 0 aliphatic heterocycles. The second-order valence-electron chi connectivity index (χ2n) is 3.64. The summed E-state index contributed by atoms with van der Waals surface area (Å²) in [5.41, 5.74) is 0. The summed E-state index contributed by atoms with van der Waals surface area (Å²) >= 11 is 5.51. The quantitative estimate of drug-likeness (QED) is 0.743. The van der Waals surface area contributed by atoms with Gasteiger partial charge in [0, 0.05) is 37.3 Å². The van der Waals surface area contributed by atoms with Crippen molar-refractivity contribution >= 4 is 17.5 Å². The van der Waals surface area contributed by atoms with E-state index < -0.39 is 0 Å². The number of nitrogens with zero attached hydrogens (tertiary/aromatic N) is 1. The van der Waals surface area contributed by atoms with Crippen LogP contribution >= 0.6 is 11.6 Å². The minimum absolute atomic E-state index is 0.0790. The van der Waals surface area contributed by atoms with Crippen LogP contribution in [0.3, 0.4) is 0 Å². The number of carbonyl (C=O) groups excluding carboxylic acids is 1. The number of aromatic nitrogens is 1. The van der Waals surface area contributed by atoms with Crippen molar-refractivity contribution in [2.24, 2.45) is 0 Å². The lowest BCUT2D eigenvalue weighted by molar-refractivity contribution is -0.121. The van der Waals surface area contributed by atoms with E-state index in [1.807, 2.05) is 36.0 Å². The summed E-state index contributed by atoms with van der Waals surface area (Å²) in [4.78, 5) is 11.4.